The van der Waals surface area contributed by atoms with Gasteiger partial charge < -0.3 is 10.2 Å². The van der Waals surface area contributed by atoms with Crippen LogP contribution in [0.4, 0.5) is 0 Å². The van der Waals surface area contributed by atoms with Crippen molar-refractivity contribution < 1.29 is 29.4 Å². The van der Waals surface area contributed by atoms with E-state index in [9.17, 15) is 29.4 Å². The molecule has 1 saturated carbocycles. The number of aliphatic hydroxyl groups excluding tert-OH is 1. The molecule has 0 amide bonds. The molecule has 0 unspecified atom stereocenters. The second-order valence-electron chi connectivity index (χ2n) is 7.40. The van der Waals surface area contributed by atoms with E-state index in [0.29, 0.717) is 33.4 Å². The molecular weight excluding hydrogens is 360 g/mol. The molecule has 0 aromatic heterocycles. The number of allylic oxidation sites excluding steroid dienone is 2. The van der Waals surface area contributed by atoms with Crippen molar-refractivity contribution in [3.8, 4) is 0 Å². The Labute approximate surface area is 164 Å². The van der Waals surface area contributed by atoms with Crippen molar-refractivity contribution in [2.45, 2.75) is 66.2 Å². The summed E-state index contributed by atoms with van der Waals surface area (Å²) in [5.74, 6) is -2.65. The quantitative estimate of drug-likeness (QED) is 0.346. The summed E-state index contributed by atoms with van der Waals surface area (Å²) in [5.41, 5.74) is 3.61. The van der Waals surface area contributed by atoms with E-state index in [4.69, 9.17) is 0 Å². The zero-order valence-electron chi connectivity index (χ0n) is 16.9. The third-order valence-corrected chi connectivity index (χ3v) is 5.60. The number of benzene rings is 1. The van der Waals surface area contributed by atoms with Crippen LogP contribution in [0.25, 0.3) is 0 Å². The molecular formula is C22H26O6. The molecule has 0 saturated heterocycles. The molecule has 28 heavy (non-hydrogen) atoms. The normalized spacial score (nSPS) is 17.0. The van der Waals surface area contributed by atoms with Crippen LogP contribution in [-0.2, 0) is 20.8 Å². The van der Waals surface area contributed by atoms with Gasteiger partial charge in [-0.25, -0.2) is 0 Å². The zero-order valence-corrected chi connectivity index (χ0v) is 16.9. The summed E-state index contributed by atoms with van der Waals surface area (Å²) < 4.78 is 0. The predicted molar refractivity (Wildman–Crippen MR) is 104 cm³/mol. The second-order valence-corrected chi connectivity index (χ2v) is 7.40. The maximum absolute atomic E-state index is 12.6. The molecule has 1 aromatic rings. The van der Waals surface area contributed by atoms with Crippen molar-refractivity contribution in [1.82, 2.24) is 0 Å². The van der Waals surface area contributed by atoms with E-state index in [-0.39, 0.29) is 42.8 Å². The van der Waals surface area contributed by atoms with Crippen molar-refractivity contribution in [2.24, 2.45) is 0 Å². The number of aliphatic hydroxyl groups is 1. The van der Waals surface area contributed by atoms with E-state index in [2.05, 4.69) is 0 Å². The number of carbonyl (C=O) groups is 4. The van der Waals surface area contributed by atoms with E-state index in [1.165, 1.54) is 6.92 Å². The van der Waals surface area contributed by atoms with Gasteiger partial charge in [-0.3, -0.25) is 19.2 Å². The van der Waals surface area contributed by atoms with Crippen molar-refractivity contribution in [1.29, 1.82) is 0 Å². The van der Waals surface area contributed by atoms with Crippen LogP contribution in [0, 0.1) is 20.8 Å². The highest BCUT2D eigenvalue weighted by molar-refractivity contribution is 6.22. The van der Waals surface area contributed by atoms with Gasteiger partial charge in [-0.15, -0.1) is 0 Å². The van der Waals surface area contributed by atoms with Gasteiger partial charge in [0.2, 0.25) is 0 Å². The Bertz CT molecular complexity index is 900. The minimum Gasteiger partial charge on any atom is -0.511 e. The lowest BCUT2D eigenvalue weighted by Gasteiger charge is -2.29. The Morgan fingerprint density at radius 3 is 1.93 bits per heavy atom. The summed E-state index contributed by atoms with van der Waals surface area (Å²) in [6.45, 7) is 8.38. The molecule has 6 heteroatoms. The molecule has 1 aliphatic rings. The number of aliphatic carboxylic acids is 1. The van der Waals surface area contributed by atoms with Gasteiger partial charge in [0.15, 0.2) is 17.3 Å². The first kappa shape index (κ1) is 21.5. The van der Waals surface area contributed by atoms with Gasteiger partial charge in [-0.05, 0) is 61.4 Å². The topological polar surface area (TPSA) is 109 Å². The first-order chi connectivity index (χ1) is 13.0. The minimum absolute atomic E-state index is 0.0414. The van der Waals surface area contributed by atoms with Crippen molar-refractivity contribution in [3.63, 3.8) is 0 Å². The molecule has 1 aliphatic carbocycles. The molecule has 0 radical (unpaired) electrons. The monoisotopic (exact) mass is 386 g/mol. The molecule has 2 N–H and O–H groups in total. The first-order valence-electron chi connectivity index (χ1n) is 9.34. The number of hydrogen-bond donors (Lipinski definition) is 2. The first-order valence-corrected chi connectivity index (χ1v) is 9.34. The van der Waals surface area contributed by atoms with Crippen molar-refractivity contribution >= 4 is 23.3 Å². The second kappa shape index (κ2) is 8.09. The number of hydrogen-bond acceptors (Lipinski definition) is 5. The largest absolute Gasteiger partial charge is 0.511 e. The highest BCUT2D eigenvalue weighted by Gasteiger charge is 2.36. The molecule has 1 fully saturated rings. The summed E-state index contributed by atoms with van der Waals surface area (Å²) in [4.78, 5) is 48.7. The third kappa shape index (κ3) is 3.77. The van der Waals surface area contributed by atoms with Crippen LogP contribution in [0.2, 0.25) is 0 Å². The van der Waals surface area contributed by atoms with Gasteiger partial charge in [-0.1, -0.05) is 6.92 Å². The Hall–Kier alpha value is -2.76. The lowest BCUT2D eigenvalue weighted by Crippen LogP contribution is -2.28. The summed E-state index contributed by atoms with van der Waals surface area (Å²) in [7, 11) is 0. The number of carboxylic acid groups (broad SMARTS) is 1. The lowest BCUT2D eigenvalue weighted by atomic mass is 9.73. The average Bonchev–Trinajstić information content (AvgIpc) is 2.57. The Balaban J connectivity index is 2.68. The molecule has 0 aliphatic heterocycles. The highest BCUT2D eigenvalue weighted by Crippen LogP contribution is 2.39. The highest BCUT2D eigenvalue weighted by atomic mass is 16.4. The van der Waals surface area contributed by atoms with E-state index in [1.54, 1.807) is 27.7 Å². The van der Waals surface area contributed by atoms with E-state index in [0.717, 1.165) is 0 Å². The fraction of sp³-hybridized carbons (Fsp3) is 0.455. The molecule has 1 aromatic carbocycles. The Morgan fingerprint density at radius 1 is 0.964 bits per heavy atom. The summed E-state index contributed by atoms with van der Waals surface area (Å²) >= 11 is 0. The van der Waals surface area contributed by atoms with E-state index in [1.807, 2.05) is 0 Å². The SMILES string of the molecule is CCC(O)=C1C(=O)CC(c2c(C)c(CC(=O)O)c(C)c(C(C)=O)c2C)CC1=O. The summed E-state index contributed by atoms with van der Waals surface area (Å²) in [5, 5.41) is 19.2. The zero-order chi connectivity index (χ0) is 21.3. The number of ketones is 3. The van der Waals surface area contributed by atoms with Crippen molar-refractivity contribution in [3.05, 3.63) is 44.7 Å². The predicted octanol–water partition coefficient (Wildman–Crippen LogP) is 3.68. The molecule has 0 atom stereocenters. The maximum Gasteiger partial charge on any atom is 0.307 e. The van der Waals surface area contributed by atoms with Crippen LogP contribution in [0.15, 0.2) is 11.3 Å². The Morgan fingerprint density at radius 2 is 1.50 bits per heavy atom. The van der Waals surface area contributed by atoms with Gasteiger partial charge in [0.05, 0.1) is 12.0 Å². The van der Waals surface area contributed by atoms with Gasteiger partial charge in [0.1, 0.15) is 5.76 Å². The maximum atomic E-state index is 12.6. The molecule has 0 spiro atoms. The van der Waals surface area contributed by atoms with E-state index < -0.39 is 23.5 Å². The fourth-order valence-corrected chi connectivity index (χ4v) is 4.43. The minimum atomic E-state index is -1.01. The molecule has 0 heterocycles. The molecule has 0 bridgehead atoms. The lowest BCUT2D eigenvalue weighted by molar-refractivity contribution is -0.136. The van der Waals surface area contributed by atoms with Crippen LogP contribution in [0.3, 0.4) is 0 Å². The van der Waals surface area contributed by atoms with Gasteiger partial charge in [0.25, 0.3) is 0 Å². The van der Waals surface area contributed by atoms with Gasteiger partial charge >= 0.3 is 5.97 Å². The Kier molecular flexibility index (Phi) is 6.22. The average molecular weight is 386 g/mol. The van der Waals surface area contributed by atoms with Crippen molar-refractivity contribution in [2.75, 3.05) is 0 Å². The standard InChI is InChI=1S/C22H26O6/c1-6-16(24)22-17(25)7-14(8-18(22)26)21-11(3)15(9-19(27)28)10(2)20(12(21)4)13(5)23/h14,24H,6-9H2,1-5H3,(H,27,28). The molecule has 2 rings (SSSR count). The van der Waals surface area contributed by atoms with Crippen LogP contribution >= 0.6 is 0 Å². The number of carbonyl (C=O) groups excluding carboxylic acids is 3. The van der Waals surface area contributed by atoms with Crippen LogP contribution in [0.5, 0.6) is 0 Å². The number of rotatable bonds is 5. The summed E-state index contributed by atoms with van der Waals surface area (Å²) in [6.07, 6.45) is 0.0540. The third-order valence-electron chi connectivity index (χ3n) is 5.60. The molecule has 6 nitrogen and oxygen atoms in total. The van der Waals surface area contributed by atoms with Crippen LogP contribution < -0.4 is 0 Å². The number of Topliss-reactive ketones (excluding diaryl/α,β-unsaturated/α-hetero) is 3. The van der Waals surface area contributed by atoms with Crippen LogP contribution in [0.1, 0.15) is 77.2 Å². The van der Waals surface area contributed by atoms with Gasteiger partial charge in [0, 0.05) is 24.8 Å². The smallest absolute Gasteiger partial charge is 0.307 e. The summed E-state index contributed by atoms with van der Waals surface area (Å²) in [6, 6.07) is 0. The van der Waals surface area contributed by atoms with Crippen LogP contribution in [-0.4, -0.2) is 33.5 Å². The molecule has 150 valence electrons. The van der Waals surface area contributed by atoms with Gasteiger partial charge in [-0.2, -0.15) is 0 Å². The fourth-order valence-electron chi connectivity index (χ4n) is 4.43. The van der Waals surface area contributed by atoms with E-state index >= 15 is 0 Å². The number of carboxylic acids is 1.